The van der Waals surface area contributed by atoms with Gasteiger partial charge in [0.1, 0.15) is 28.7 Å². The summed E-state index contributed by atoms with van der Waals surface area (Å²) < 4.78 is 54.6. The molecule has 2 aromatic rings. The molecule has 21 heavy (non-hydrogen) atoms. The van der Waals surface area contributed by atoms with Crippen molar-refractivity contribution in [2.75, 3.05) is 5.32 Å². The fourth-order valence-corrected chi connectivity index (χ4v) is 2.11. The molecule has 110 valence electrons. The maximum absolute atomic E-state index is 13.8. The van der Waals surface area contributed by atoms with E-state index < -0.39 is 40.4 Å². The summed E-state index contributed by atoms with van der Waals surface area (Å²) >= 11 is 2.86. The summed E-state index contributed by atoms with van der Waals surface area (Å²) in [6.45, 7) is 1.37. The summed E-state index contributed by atoms with van der Waals surface area (Å²) in [4.78, 5) is 11.8. The Morgan fingerprint density at radius 3 is 2.19 bits per heavy atom. The largest absolute Gasteiger partial charge is 0.317 e. The van der Waals surface area contributed by atoms with E-state index >= 15 is 0 Å². The zero-order valence-electron chi connectivity index (χ0n) is 10.6. The van der Waals surface area contributed by atoms with Crippen LogP contribution in [0.25, 0.3) is 0 Å². The summed E-state index contributed by atoms with van der Waals surface area (Å²) in [6, 6.07) is 3.88. The van der Waals surface area contributed by atoms with Gasteiger partial charge in [-0.1, -0.05) is 22.0 Å². The highest BCUT2D eigenvalue weighted by atomic mass is 79.9. The molecule has 0 aliphatic heterocycles. The number of benzene rings is 2. The number of aryl methyl sites for hydroxylation is 1. The van der Waals surface area contributed by atoms with Gasteiger partial charge >= 0.3 is 0 Å². The quantitative estimate of drug-likeness (QED) is 0.780. The van der Waals surface area contributed by atoms with Crippen LogP contribution in [0.5, 0.6) is 0 Å². The number of nitrogens with one attached hydrogen (secondary N) is 1. The highest BCUT2D eigenvalue weighted by Crippen LogP contribution is 2.24. The van der Waals surface area contributed by atoms with Crippen LogP contribution in [0.3, 0.4) is 0 Å². The smallest absolute Gasteiger partial charge is 0.261 e. The summed E-state index contributed by atoms with van der Waals surface area (Å²) in [6.07, 6.45) is 0. The summed E-state index contributed by atoms with van der Waals surface area (Å²) in [5.74, 6) is -5.60. The second-order valence-electron chi connectivity index (χ2n) is 4.25. The molecule has 0 spiro atoms. The molecule has 2 aromatic carbocycles. The van der Waals surface area contributed by atoms with Crippen molar-refractivity contribution >= 4 is 27.5 Å². The third-order valence-corrected chi connectivity index (χ3v) is 3.21. The second kappa shape index (κ2) is 5.85. The average Bonchev–Trinajstić information content (AvgIpc) is 2.38. The molecule has 0 aliphatic carbocycles. The van der Waals surface area contributed by atoms with Gasteiger partial charge in [-0.2, -0.15) is 0 Å². The van der Waals surface area contributed by atoms with E-state index in [0.717, 1.165) is 18.2 Å². The number of halogens is 5. The van der Waals surface area contributed by atoms with E-state index in [1.807, 2.05) is 5.32 Å². The van der Waals surface area contributed by atoms with Crippen LogP contribution in [0, 0.1) is 30.2 Å². The van der Waals surface area contributed by atoms with Crippen LogP contribution in [0.2, 0.25) is 0 Å². The first-order chi connectivity index (χ1) is 9.81. The Bertz CT molecular complexity index is 710. The average molecular weight is 362 g/mol. The Morgan fingerprint density at radius 1 is 1.05 bits per heavy atom. The van der Waals surface area contributed by atoms with Crippen LogP contribution in [-0.2, 0) is 0 Å². The molecule has 1 amide bonds. The number of anilines is 1. The van der Waals surface area contributed by atoms with Crippen molar-refractivity contribution in [2.45, 2.75) is 6.92 Å². The highest BCUT2D eigenvalue weighted by Gasteiger charge is 2.21. The van der Waals surface area contributed by atoms with E-state index in [4.69, 9.17) is 0 Å². The molecule has 0 aliphatic rings. The number of hydrogen-bond donors (Lipinski definition) is 1. The summed E-state index contributed by atoms with van der Waals surface area (Å²) in [5, 5.41) is 1.85. The van der Waals surface area contributed by atoms with Gasteiger partial charge in [-0.25, -0.2) is 17.6 Å². The van der Waals surface area contributed by atoms with Crippen molar-refractivity contribution in [3.05, 3.63) is 63.1 Å². The van der Waals surface area contributed by atoms with Gasteiger partial charge in [0.25, 0.3) is 5.91 Å². The molecule has 0 saturated heterocycles. The first kappa shape index (κ1) is 15.5. The Morgan fingerprint density at radius 2 is 1.62 bits per heavy atom. The zero-order chi connectivity index (χ0) is 15.7. The highest BCUT2D eigenvalue weighted by molar-refractivity contribution is 9.10. The Hall–Kier alpha value is -1.89. The van der Waals surface area contributed by atoms with Crippen molar-refractivity contribution in [1.82, 2.24) is 0 Å². The minimum absolute atomic E-state index is 0.0865. The van der Waals surface area contributed by atoms with Gasteiger partial charge in [-0.3, -0.25) is 4.79 Å². The number of carbonyl (C=O) groups excluding carboxylic acids is 1. The van der Waals surface area contributed by atoms with Gasteiger partial charge < -0.3 is 5.32 Å². The number of hydrogen-bond acceptors (Lipinski definition) is 1. The molecule has 7 heteroatoms. The molecule has 0 radical (unpaired) electrons. The normalized spacial score (nSPS) is 10.6. The SMILES string of the molecule is Cc1ccc(F)c(NC(=O)c2c(F)cc(Br)cc2F)c1F. The first-order valence-corrected chi connectivity index (χ1v) is 6.51. The van der Waals surface area contributed by atoms with Crippen LogP contribution >= 0.6 is 15.9 Å². The lowest BCUT2D eigenvalue weighted by molar-refractivity contribution is 0.101. The lowest BCUT2D eigenvalue weighted by atomic mass is 10.1. The molecule has 2 nitrogen and oxygen atoms in total. The van der Waals surface area contributed by atoms with Gasteiger partial charge in [0.15, 0.2) is 5.82 Å². The van der Waals surface area contributed by atoms with E-state index in [9.17, 15) is 22.4 Å². The maximum Gasteiger partial charge on any atom is 0.261 e. The van der Waals surface area contributed by atoms with E-state index in [2.05, 4.69) is 15.9 Å². The molecule has 0 bridgehead atoms. The maximum atomic E-state index is 13.8. The van der Waals surface area contributed by atoms with Crippen LogP contribution in [0.1, 0.15) is 15.9 Å². The minimum atomic E-state index is -1.28. The second-order valence-corrected chi connectivity index (χ2v) is 5.17. The summed E-state index contributed by atoms with van der Waals surface area (Å²) in [5.41, 5.74) is -1.58. The predicted molar refractivity (Wildman–Crippen MR) is 73.1 cm³/mol. The van der Waals surface area contributed by atoms with Crippen molar-refractivity contribution in [3.8, 4) is 0 Å². The van der Waals surface area contributed by atoms with E-state index in [-0.39, 0.29) is 10.0 Å². The van der Waals surface area contributed by atoms with Gasteiger partial charge in [0.05, 0.1) is 0 Å². The minimum Gasteiger partial charge on any atom is -0.317 e. The van der Waals surface area contributed by atoms with Gasteiger partial charge in [0, 0.05) is 4.47 Å². The topological polar surface area (TPSA) is 29.1 Å². The first-order valence-electron chi connectivity index (χ1n) is 5.71. The molecule has 1 N–H and O–H groups in total. The number of amides is 1. The molecule has 0 saturated carbocycles. The lowest BCUT2D eigenvalue weighted by Crippen LogP contribution is -2.18. The fraction of sp³-hybridized carbons (Fsp3) is 0.0714. The van der Waals surface area contributed by atoms with Crippen molar-refractivity contribution < 1.29 is 22.4 Å². The number of carbonyl (C=O) groups is 1. The van der Waals surface area contributed by atoms with E-state index in [0.29, 0.717) is 0 Å². The monoisotopic (exact) mass is 361 g/mol. The van der Waals surface area contributed by atoms with Gasteiger partial charge in [-0.05, 0) is 30.7 Å². The molecular formula is C14H8BrF4NO. The zero-order valence-corrected chi connectivity index (χ0v) is 12.2. The molecule has 0 aromatic heterocycles. The van der Waals surface area contributed by atoms with Crippen LogP contribution < -0.4 is 5.32 Å². The molecule has 2 rings (SSSR count). The Balaban J connectivity index is 2.42. The van der Waals surface area contributed by atoms with Crippen LogP contribution in [0.4, 0.5) is 23.2 Å². The standard InChI is InChI=1S/C14H8BrF4NO/c1-6-2-3-8(16)13(12(6)19)20-14(21)11-9(17)4-7(15)5-10(11)18/h2-5H,1H3,(H,20,21). The van der Waals surface area contributed by atoms with Gasteiger partial charge in [-0.15, -0.1) is 0 Å². The van der Waals surface area contributed by atoms with Crippen molar-refractivity contribution in [2.24, 2.45) is 0 Å². The Kier molecular flexibility index (Phi) is 4.32. The van der Waals surface area contributed by atoms with Crippen molar-refractivity contribution in [1.29, 1.82) is 0 Å². The van der Waals surface area contributed by atoms with Gasteiger partial charge in [0.2, 0.25) is 0 Å². The third kappa shape index (κ3) is 3.07. The lowest BCUT2D eigenvalue weighted by Gasteiger charge is -2.10. The number of rotatable bonds is 2. The third-order valence-electron chi connectivity index (χ3n) is 2.76. The summed E-state index contributed by atoms with van der Waals surface area (Å²) in [7, 11) is 0. The predicted octanol–water partition coefficient (Wildman–Crippen LogP) is 4.57. The molecular weight excluding hydrogens is 354 g/mol. The molecule has 0 fully saturated rings. The molecule has 0 heterocycles. The molecule has 0 unspecified atom stereocenters. The fourth-order valence-electron chi connectivity index (χ4n) is 1.71. The van der Waals surface area contributed by atoms with Crippen molar-refractivity contribution in [3.63, 3.8) is 0 Å². The molecule has 0 atom stereocenters. The van der Waals surface area contributed by atoms with E-state index in [1.165, 1.54) is 13.0 Å². The van der Waals surface area contributed by atoms with Crippen LogP contribution in [-0.4, -0.2) is 5.91 Å². The Labute approximate surface area is 125 Å². The van der Waals surface area contributed by atoms with E-state index in [1.54, 1.807) is 0 Å². The van der Waals surface area contributed by atoms with Crippen LogP contribution in [0.15, 0.2) is 28.7 Å².